The molecule has 2 rings (SSSR count). The van der Waals surface area contributed by atoms with E-state index in [0.717, 1.165) is 12.6 Å². The highest BCUT2D eigenvalue weighted by Gasteiger charge is 2.34. The van der Waals surface area contributed by atoms with Crippen molar-refractivity contribution in [2.75, 3.05) is 11.9 Å². The molecule has 0 unspecified atom stereocenters. The summed E-state index contributed by atoms with van der Waals surface area (Å²) in [5.41, 5.74) is 1.20. The van der Waals surface area contributed by atoms with E-state index in [9.17, 15) is 13.2 Å². The first-order valence-electron chi connectivity index (χ1n) is 6.91. The van der Waals surface area contributed by atoms with Gasteiger partial charge in [-0.1, -0.05) is 30.3 Å². The van der Waals surface area contributed by atoms with E-state index in [1.807, 2.05) is 30.3 Å². The molecule has 0 saturated carbocycles. The molecule has 0 saturated heterocycles. The number of hydrogen-bond donors (Lipinski definition) is 1. The highest BCUT2D eigenvalue weighted by molar-refractivity contribution is 5.71. The molecule has 4 nitrogen and oxygen atoms in total. The Bertz CT molecular complexity index is 667. The molecule has 0 aliphatic carbocycles. The first kappa shape index (κ1) is 16.7. The summed E-state index contributed by atoms with van der Waals surface area (Å²) >= 11 is 0. The number of nitrogens with zero attached hydrogens (tertiary/aromatic N) is 3. The lowest BCUT2D eigenvalue weighted by atomic mass is 10.2. The Morgan fingerprint density at radius 2 is 1.91 bits per heavy atom. The lowest BCUT2D eigenvalue weighted by Crippen LogP contribution is -2.11. The number of hydrogen-bond acceptors (Lipinski definition) is 4. The van der Waals surface area contributed by atoms with E-state index in [1.54, 1.807) is 12.3 Å². The predicted molar refractivity (Wildman–Crippen MR) is 83.3 cm³/mol. The number of allylic oxidation sites excluding steroid dienone is 1. The van der Waals surface area contributed by atoms with Crippen LogP contribution in [0.15, 0.2) is 59.9 Å². The summed E-state index contributed by atoms with van der Waals surface area (Å²) in [5, 5.41) is 2.64. The van der Waals surface area contributed by atoms with Gasteiger partial charge in [-0.05, 0) is 24.1 Å². The number of aliphatic imine (C=N–C) groups is 1. The molecule has 0 bridgehead atoms. The highest BCUT2D eigenvalue weighted by Crippen LogP contribution is 2.26. The van der Waals surface area contributed by atoms with Gasteiger partial charge in [0.15, 0.2) is 0 Å². The normalized spacial score (nSPS) is 12.1. The molecule has 7 heteroatoms. The number of alkyl halides is 3. The number of halogens is 3. The van der Waals surface area contributed by atoms with E-state index in [1.165, 1.54) is 17.8 Å². The van der Waals surface area contributed by atoms with Crippen LogP contribution in [-0.4, -0.2) is 22.7 Å². The number of rotatable bonds is 6. The van der Waals surface area contributed by atoms with Crippen LogP contribution < -0.4 is 5.32 Å². The largest absolute Gasteiger partial charge is 0.451 e. The SMILES string of the molecule is FC(F)(F)c1nccc(N/C=C/C=NCCc2ccccc2)n1. The Hall–Kier alpha value is -2.70. The van der Waals surface area contributed by atoms with Crippen molar-refractivity contribution < 1.29 is 13.2 Å². The van der Waals surface area contributed by atoms with Gasteiger partial charge in [0.25, 0.3) is 0 Å². The Kier molecular flexibility index (Phi) is 5.85. The average molecular weight is 320 g/mol. The maximum atomic E-state index is 12.4. The van der Waals surface area contributed by atoms with Gasteiger partial charge in [-0.15, -0.1) is 0 Å². The smallest absolute Gasteiger partial charge is 0.347 e. The van der Waals surface area contributed by atoms with Gasteiger partial charge in [0.05, 0.1) is 0 Å². The molecule has 0 atom stereocenters. The van der Waals surface area contributed by atoms with Crippen molar-refractivity contribution >= 4 is 12.0 Å². The second kappa shape index (κ2) is 8.07. The third-order valence-electron chi connectivity index (χ3n) is 2.80. The van der Waals surface area contributed by atoms with E-state index in [2.05, 4.69) is 20.3 Å². The second-order valence-corrected chi connectivity index (χ2v) is 4.56. The van der Waals surface area contributed by atoms with Gasteiger partial charge in [-0.25, -0.2) is 9.97 Å². The van der Waals surface area contributed by atoms with Crippen molar-refractivity contribution in [1.82, 2.24) is 9.97 Å². The molecule has 1 aromatic heterocycles. The van der Waals surface area contributed by atoms with Crippen molar-refractivity contribution in [2.24, 2.45) is 4.99 Å². The fraction of sp³-hybridized carbons (Fsp3) is 0.188. The molecule has 1 heterocycles. The summed E-state index contributed by atoms with van der Waals surface area (Å²) in [6.45, 7) is 0.639. The number of nitrogens with one attached hydrogen (secondary N) is 1. The van der Waals surface area contributed by atoms with Gasteiger partial charge < -0.3 is 5.32 Å². The molecule has 23 heavy (non-hydrogen) atoms. The van der Waals surface area contributed by atoms with Crippen molar-refractivity contribution in [3.63, 3.8) is 0 Å². The maximum absolute atomic E-state index is 12.4. The molecule has 2 aromatic rings. The Labute approximate surface area is 131 Å². The lowest BCUT2D eigenvalue weighted by molar-refractivity contribution is -0.144. The van der Waals surface area contributed by atoms with Crippen LogP contribution in [0.4, 0.5) is 19.0 Å². The number of anilines is 1. The molecule has 0 fully saturated rings. The standard InChI is InChI=1S/C16H15F3N4/c17-16(18,19)15-22-12-8-14(23-15)21-10-4-9-20-11-7-13-5-2-1-3-6-13/h1-6,8-10,12H,7,11H2,(H,21,22,23)/b10-4+,20-9?. The third-order valence-corrected chi connectivity index (χ3v) is 2.80. The van der Waals surface area contributed by atoms with Crippen LogP contribution >= 0.6 is 0 Å². The summed E-state index contributed by atoms with van der Waals surface area (Å²) in [4.78, 5) is 10.7. The molecule has 0 aliphatic rings. The zero-order valence-electron chi connectivity index (χ0n) is 12.2. The van der Waals surface area contributed by atoms with Gasteiger partial charge in [0.1, 0.15) is 5.82 Å². The van der Waals surface area contributed by atoms with E-state index in [-0.39, 0.29) is 5.82 Å². The maximum Gasteiger partial charge on any atom is 0.451 e. The second-order valence-electron chi connectivity index (χ2n) is 4.56. The third kappa shape index (κ3) is 5.90. The molecule has 0 aliphatic heterocycles. The van der Waals surface area contributed by atoms with Gasteiger partial charge in [-0.3, -0.25) is 4.99 Å². The van der Waals surface area contributed by atoms with E-state index in [4.69, 9.17) is 0 Å². The van der Waals surface area contributed by atoms with E-state index in [0.29, 0.717) is 6.54 Å². The molecule has 0 amide bonds. The quantitative estimate of drug-likeness (QED) is 0.825. The summed E-state index contributed by atoms with van der Waals surface area (Å²) < 4.78 is 37.3. The van der Waals surface area contributed by atoms with Gasteiger partial charge >= 0.3 is 6.18 Å². The molecule has 0 radical (unpaired) electrons. The van der Waals surface area contributed by atoms with Crippen molar-refractivity contribution in [2.45, 2.75) is 12.6 Å². The summed E-state index contributed by atoms with van der Waals surface area (Å²) in [5.74, 6) is -1.10. The van der Waals surface area contributed by atoms with Crippen LogP contribution in [-0.2, 0) is 12.6 Å². The predicted octanol–water partition coefficient (Wildman–Crippen LogP) is 3.73. The topological polar surface area (TPSA) is 50.2 Å². The van der Waals surface area contributed by atoms with Crippen LogP contribution in [0.25, 0.3) is 0 Å². The molecule has 1 N–H and O–H groups in total. The van der Waals surface area contributed by atoms with Crippen molar-refractivity contribution in [3.05, 3.63) is 66.3 Å². The monoisotopic (exact) mass is 320 g/mol. The summed E-state index contributed by atoms with van der Waals surface area (Å²) in [7, 11) is 0. The minimum Gasteiger partial charge on any atom is -0.347 e. The molecular formula is C16H15F3N4. The van der Waals surface area contributed by atoms with E-state index >= 15 is 0 Å². The molecular weight excluding hydrogens is 305 g/mol. The van der Waals surface area contributed by atoms with Crippen LogP contribution in [0.1, 0.15) is 11.4 Å². The molecule has 120 valence electrons. The molecule has 0 spiro atoms. The van der Waals surface area contributed by atoms with Crippen LogP contribution in [0, 0.1) is 0 Å². The fourth-order valence-corrected chi connectivity index (χ4v) is 1.73. The Balaban J connectivity index is 1.77. The first-order valence-corrected chi connectivity index (χ1v) is 6.91. The fourth-order valence-electron chi connectivity index (χ4n) is 1.73. The zero-order valence-corrected chi connectivity index (χ0v) is 12.2. The lowest BCUT2D eigenvalue weighted by Gasteiger charge is -2.05. The van der Waals surface area contributed by atoms with Gasteiger partial charge in [0.2, 0.25) is 5.82 Å². The summed E-state index contributed by atoms with van der Waals surface area (Å²) in [6, 6.07) is 11.3. The minimum absolute atomic E-state index is 0.0706. The summed E-state index contributed by atoms with van der Waals surface area (Å²) in [6.07, 6.45) is 1.98. The van der Waals surface area contributed by atoms with Crippen molar-refractivity contribution in [3.8, 4) is 0 Å². The van der Waals surface area contributed by atoms with Crippen LogP contribution in [0.5, 0.6) is 0 Å². The van der Waals surface area contributed by atoms with Crippen LogP contribution in [0.3, 0.4) is 0 Å². The van der Waals surface area contributed by atoms with Crippen molar-refractivity contribution in [1.29, 1.82) is 0 Å². The van der Waals surface area contributed by atoms with Gasteiger partial charge in [0, 0.05) is 25.2 Å². The van der Waals surface area contributed by atoms with E-state index < -0.39 is 12.0 Å². The van der Waals surface area contributed by atoms with Gasteiger partial charge in [-0.2, -0.15) is 13.2 Å². The minimum atomic E-state index is -4.56. The average Bonchev–Trinajstić information content (AvgIpc) is 2.54. The first-order chi connectivity index (χ1) is 11.1. The van der Waals surface area contributed by atoms with Crippen LogP contribution in [0.2, 0.25) is 0 Å². The Morgan fingerprint density at radius 3 is 2.65 bits per heavy atom. The highest BCUT2D eigenvalue weighted by atomic mass is 19.4. The number of aromatic nitrogens is 2. The number of benzene rings is 1. The zero-order chi connectivity index (χ0) is 16.5. The molecule has 1 aromatic carbocycles. The Morgan fingerprint density at radius 1 is 1.13 bits per heavy atom.